The molecule has 1 saturated heterocycles. The van der Waals surface area contributed by atoms with E-state index >= 15 is 0 Å². The van der Waals surface area contributed by atoms with Gasteiger partial charge in [0.2, 0.25) is 0 Å². The maximum absolute atomic E-state index is 12.0. The number of anilines is 1. The lowest BCUT2D eigenvalue weighted by molar-refractivity contribution is -0.896. The standard InChI is InChI=1S/C13H15Cl3N2O/c14-9-6-11(16)12(7-10(9)15)17-13(19)8-18-4-2-1-3-5-18/h6-7H,1-5,8H2,(H,17,19)/p+1. The van der Waals surface area contributed by atoms with Crippen molar-refractivity contribution in [2.45, 2.75) is 19.3 Å². The Morgan fingerprint density at radius 3 is 2.37 bits per heavy atom. The molecule has 0 aliphatic carbocycles. The monoisotopic (exact) mass is 321 g/mol. The molecule has 1 fully saturated rings. The van der Waals surface area contributed by atoms with Crippen LogP contribution in [0.25, 0.3) is 0 Å². The molecule has 6 heteroatoms. The fourth-order valence-corrected chi connectivity index (χ4v) is 2.86. The fourth-order valence-electron chi connectivity index (χ4n) is 2.27. The van der Waals surface area contributed by atoms with Gasteiger partial charge in [-0.1, -0.05) is 34.8 Å². The van der Waals surface area contributed by atoms with Gasteiger partial charge in [-0.15, -0.1) is 0 Å². The van der Waals surface area contributed by atoms with Gasteiger partial charge in [-0.25, -0.2) is 0 Å². The zero-order valence-electron chi connectivity index (χ0n) is 10.4. The molecule has 1 heterocycles. The molecular formula is C13H16Cl3N2O+. The predicted molar refractivity (Wildman–Crippen MR) is 79.5 cm³/mol. The third-order valence-corrected chi connectivity index (χ3v) is 4.29. The number of rotatable bonds is 3. The van der Waals surface area contributed by atoms with E-state index in [4.69, 9.17) is 34.8 Å². The molecule has 19 heavy (non-hydrogen) atoms. The van der Waals surface area contributed by atoms with Crippen LogP contribution in [0.5, 0.6) is 0 Å². The summed E-state index contributed by atoms with van der Waals surface area (Å²) in [7, 11) is 0. The summed E-state index contributed by atoms with van der Waals surface area (Å²) in [5, 5.41) is 3.95. The number of halogens is 3. The largest absolute Gasteiger partial charge is 0.327 e. The van der Waals surface area contributed by atoms with Crippen molar-refractivity contribution in [3.8, 4) is 0 Å². The second-order valence-corrected chi connectivity index (χ2v) is 6.00. The first-order chi connectivity index (χ1) is 9.06. The van der Waals surface area contributed by atoms with E-state index in [1.54, 1.807) is 6.07 Å². The molecular weight excluding hydrogens is 307 g/mol. The number of carbonyl (C=O) groups is 1. The number of likely N-dealkylation sites (tertiary alicyclic amines) is 1. The molecule has 1 aromatic carbocycles. The van der Waals surface area contributed by atoms with Gasteiger partial charge < -0.3 is 10.2 Å². The summed E-state index contributed by atoms with van der Waals surface area (Å²) in [5.74, 6) is -0.0443. The SMILES string of the molecule is O=C(C[NH+]1CCCCC1)Nc1cc(Cl)c(Cl)cc1Cl. The Morgan fingerprint density at radius 1 is 1.05 bits per heavy atom. The third-order valence-electron chi connectivity index (χ3n) is 3.26. The Morgan fingerprint density at radius 2 is 1.68 bits per heavy atom. The first-order valence-electron chi connectivity index (χ1n) is 6.34. The van der Waals surface area contributed by atoms with E-state index in [-0.39, 0.29) is 5.91 Å². The maximum Gasteiger partial charge on any atom is 0.279 e. The summed E-state index contributed by atoms with van der Waals surface area (Å²) in [6.45, 7) is 2.58. The van der Waals surface area contributed by atoms with Crippen molar-refractivity contribution in [1.82, 2.24) is 0 Å². The average Bonchev–Trinajstić information content (AvgIpc) is 2.37. The normalized spacial score (nSPS) is 16.4. The van der Waals surface area contributed by atoms with Crippen molar-refractivity contribution in [3.05, 3.63) is 27.2 Å². The Hall–Kier alpha value is -0.480. The Bertz CT molecular complexity index is 473. The van der Waals surface area contributed by atoms with Crippen molar-refractivity contribution in [2.75, 3.05) is 25.0 Å². The van der Waals surface area contributed by atoms with Gasteiger partial charge in [-0.2, -0.15) is 0 Å². The molecule has 0 spiro atoms. The van der Waals surface area contributed by atoms with Gasteiger partial charge >= 0.3 is 0 Å². The molecule has 0 atom stereocenters. The molecule has 2 N–H and O–H groups in total. The minimum Gasteiger partial charge on any atom is -0.327 e. The highest BCUT2D eigenvalue weighted by Crippen LogP contribution is 2.32. The number of piperidine rings is 1. The van der Waals surface area contributed by atoms with E-state index in [0.717, 1.165) is 13.1 Å². The molecule has 1 aliphatic heterocycles. The van der Waals surface area contributed by atoms with E-state index in [1.807, 2.05) is 0 Å². The fraction of sp³-hybridized carbons (Fsp3) is 0.462. The summed E-state index contributed by atoms with van der Waals surface area (Å²) in [4.78, 5) is 13.3. The molecule has 1 amide bonds. The van der Waals surface area contributed by atoms with Gasteiger partial charge in [0.05, 0.1) is 33.8 Å². The second kappa shape index (κ2) is 6.80. The molecule has 1 aliphatic rings. The average molecular weight is 323 g/mol. The number of hydrogen-bond donors (Lipinski definition) is 2. The van der Waals surface area contributed by atoms with Crippen LogP contribution in [-0.2, 0) is 4.79 Å². The van der Waals surface area contributed by atoms with Gasteiger partial charge in [0, 0.05) is 0 Å². The number of amides is 1. The quantitative estimate of drug-likeness (QED) is 0.824. The molecule has 0 bridgehead atoms. The number of nitrogens with one attached hydrogen (secondary N) is 2. The molecule has 0 unspecified atom stereocenters. The summed E-state index contributed by atoms with van der Waals surface area (Å²) >= 11 is 17.8. The molecule has 0 saturated carbocycles. The smallest absolute Gasteiger partial charge is 0.279 e. The van der Waals surface area contributed by atoms with E-state index in [2.05, 4.69) is 5.32 Å². The van der Waals surface area contributed by atoms with Crippen LogP contribution in [0, 0.1) is 0 Å². The molecule has 1 aromatic rings. The number of carbonyl (C=O) groups excluding carboxylic acids is 1. The van der Waals surface area contributed by atoms with Crippen molar-refractivity contribution in [3.63, 3.8) is 0 Å². The van der Waals surface area contributed by atoms with Gasteiger partial charge in [-0.05, 0) is 31.4 Å². The van der Waals surface area contributed by atoms with Crippen molar-refractivity contribution in [2.24, 2.45) is 0 Å². The second-order valence-electron chi connectivity index (χ2n) is 4.78. The molecule has 3 nitrogen and oxygen atoms in total. The first kappa shape index (κ1) is 14.9. The summed E-state index contributed by atoms with van der Waals surface area (Å²) in [6.07, 6.45) is 3.65. The van der Waals surface area contributed by atoms with Crippen molar-refractivity contribution >= 4 is 46.4 Å². The van der Waals surface area contributed by atoms with E-state index in [1.165, 1.54) is 30.2 Å². The molecule has 0 aromatic heterocycles. The van der Waals surface area contributed by atoms with E-state index in [0.29, 0.717) is 27.3 Å². The van der Waals surface area contributed by atoms with Gasteiger partial charge in [-0.3, -0.25) is 4.79 Å². The van der Waals surface area contributed by atoms with Gasteiger partial charge in [0.25, 0.3) is 5.91 Å². The molecule has 0 radical (unpaired) electrons. The number of hydrogen-bond acceptors (Lipinski definition) is 1. The van der Waals surface area contributed by atoms with Crippen LogP contribution < -0.4 is 10.2 Å². The van der Waals surface area contributed by atoms with Crippen LogP contribution in [0.3, 0.4) is 0 Å². The minimum absolute atomic E-state index is 0.0443. The van der Waals surface area contributed by atoms with Crippen molar-refractivity contribution in [1.29, 1.82) is 0 Å². The maximum atomic E-state index is 12.0. The van der Waals surface area contributed by atoms with Gasteiger partial charge in [0.15, 0.2) is 6.54 Å². The van der Waals surface area contributed by atoms with Crippen LogP contribution in [0.4, 0.5) is 5.69 Å². The summed E-state index contributed by atoms with van der Waals surface area (Å²) < 4.78 is 0. The van der Waals surface area contributed by atoms with E-state index < -0.39 is 0 Å². The minimum atomic E-state index is -0.0443. The molecule has 2 rings (SSSR count). The van der Waals surface area contributed by atoms with Crippen molar-refractivity contribution < 1.29 is 9.69 Å². The Kier molecular flexibility index (Phi) is 5.34. The lowest BCUT2D eigenvalue weighted by Gasteiger charge is -2.22. The third kappa shape index (κ3) is 4.25. The summed E-state index contributed by atoms with van der Waals surface area (Å²) in [5.41, 5.74) is 0.512. The lowest BCUT2D eigenvalue weighted by atomic mass is 10.1. The zero-order chi connectivity index (χ0) is 13.8. The number of quaternary nitrogens is 1. The van der Waals surface area contributed by atoms with Crippen LogP contribution in [0.2, 0.25) is 15.1 Å². The highest BCUT2D eigenvalue weighted by atomic mass is 35.5. The predicted octanol–water partition coefficient (Wildman–Crippen LogP) is 2.65. The zero-order valence-corrected chi connectivity index (χ0v) is 12.7. The van der Waals surface area contributed by atoms with E-state index in [9.17, 15) is 4.79 Å². The number of benzene rings is 1. The lowest BCUT2D eigenvalue weighted by Crippen LogP contribution is -3.13. The topological polar surface area (TPSA) is 33.5 Å². The molecule has 104 valence electrons. The van der Waals surface area contributed by atoms with Gasteiger partial charge in [0.1, 0.15) is 0 Å². The Balaban J connectivity index is 1.96. The highest BCUT2D eigenvalue weighted by molar-refractivity contribution is 6.44. The summed E-state index contributed by atoms with van der Waals surface area (Å²) in [6, 6.07) is 3.12. The van der Waals surface area contributed by atoms with Crippen LogP contribution in [-0.4, -0.2) is 25.5 Å². The first-order valence-corrected chi connectivity index (χ1v) is 7.47. The van der Waals surface area contributed by atoms with Crippen LogP contribution in [0.15, 0.2) is 12.1 Å². The highest BCUT2D eigenvalue weighted by Gasteiger charge is 2.18. The van der Waals surface area contributed by atoms with Crippen LogP contribution >= 0.6 is 34.8 Å². The Labute approximate surface area is 127 Å². The van der Waals surface area contributed by atoms with Crippen LogP contribution in [0.1, 0.15) is 19.3 Å².